The van der Waals surface area contributed by atoms with Crippen molar-refractivity contribution in [1.29, 1.82) is 0 Å². The van der Waals surface area contributed by atoms with Crippen LogP contribution in [0.5, 0.6) is 0 Å². The van der Waals surface area contributed by atoms with Crippen LogP contribution in [0.3, 0.4) is 0 Å². The van der Waals surface area contributed by atoms with Crippen LogP contribution in [-0.2, 0) is 4.79 Å². The molecule has 1 aliphatic carbocycles. The van der Waals surface area contributed by atoms with E-state index >= 15 is 0 Å². The summed E-state index contributed by atoms with van der Waals surface area (Å²) in [5.74, 6) is -0.444. The lowest BCUT2D eigenvalue weighted by molar-refractivity contribution is -0.255. The van der Waals surface area contributed by atoms with Gasteiger partial charge in [0, 0.05) is 18.3 Å². The van der Waals surface area contributed by atoms with Gasteiger partial charge in [0.2, 0.25) is 5.91 Å². The lowest BCUT2D eigenvalue weighted by Gasteiger charge is -2.33. The molecule has 2 aromatic rings. The molecule has 3 N–H and O–H groups in total. The molecule has 1 aliphatic heterocycles. The predicted octanol–water partition coefficient (Wildman–Crippen LogP) is 3.48. The van der Waals surface area contributed by atoms with Crippen molar-refractivity contribution < 1.29 is 19.8 Å². The molecule has 0 bridgehead atoms. The fourth-order valence-electron chi connectivity index (χ4n) is 5.61. The predicted molar refractivity (Wildman–Crippen MR) is 139 cm³/mol. The summed E-state index contributed by atoms with van der Waals surface area (Å²) >= 11 is 0. The average Bonchev–Trinajstić information content (AvgIpc) is 3.36. The lowest BCUT2D eigenvalue weighted by Crippen LogP contribution is -2.52. The molecule has 2 atom stereocenters. The molecule has 36 heavy (non-hydrogen) atoms. The molecule has 1 saturated heterocycles. The standard InChI is InChI=1S/C29H39N3O4/c1-18(2)20-8-12-24(13-9-20)31-29(36)32-16-4-5-26(32)27(33)30-23-14-10-21(11-15-23)25-17-22(28(34)35)7-6-19(25)3/h6-9,12-13,17-18,21,23,26,29,31,36H,4-5,10-11,14-16H2,1-3H3,(H,30,33)(H,34,35)/p-1/t21?,23?,26-,29?/m1/s1. The van der Waals surface area contributed by atoms with Gasteiger partial charge in [0.15, 0.2) is 6.35 Å². The van der Waals surface area contributed by atoms with Crippen LogP contribution in [-0.4, -0.2) is 46.9 Å². The maximum absolute atomic E-state index is 13.2. The third-order valence-electron chi connectivity index (χ3n) is 7.81. The highest BCUT2D eigenvalue weighted by Gasteiger charge is 2.36. The van der Waals surface area contributed by atoms with E-state index in [9.17, 15) is 19.8 Å². The molecular weight excluding hydrogens is 454 g/mol. The Kier molecular flexibility index (Phi) is 8.32. The van der Waals surface area contributed by atoms with Crippen molar-refractivity contribution >= 4 is 17.6 Å². The number of anilines is 1. The quantitative estimate of drug-likeness (QED) is 0.488. The molecule has 2 aliphatic rings. The lowest BCUT2D eigenvalue weighted by atomic mass is 9.79. The number of nitrogens with zero attached hydrogens (tertiary/aromatic N) is 1. The van der Waals surface area contributed by atoms with Gasteiger partial charge in [-0.2, -0.15) is 0 Å². The Morgan fingerprint density at radius 3 is 2.36 bits per heavy atom. The highest BCUT2D eigenvalue weighted by Crippen LogP contribution is 2.35. The second-order valence-corrected chi connectivity index (χ2v) is 10.6. The number of carbonyl (C=O) groups excluding carboxylic acids is 2. The molecule has 0 spiro atoms. The van der Waals surface area contributed by atoms with Gasteiger partial charge in [-0.3, -0.25) is 4.79 Å². The van der Waals surface area contributed by atoms with Gasteiger partial charge in [0.1, 0.15) is 0 Å². The third-order valence-corrected chi connectivity index (χ3v) is 7.81. The van der Waals surface area contributed by atoms with Crippen molar-refractivity contribution in [2.45, 2.75) is 89.6 Å². The Balaban J connectivity index is 1.31. The number of likely N-dealkylation sites (tertiary alicyclic amines) is 1. The molecule has 7 nitrogen and oxygen atoms in total. The van der Waals surface area contributed by atoms with Crippen LogP contribution in [0.2, 0.25) is 0 Å². The van der Waals surface area contributed by atoms with E-state index in [4.69, 9.17) is 0 Å². The van der Waals surface area contributed by atoms with Gasteiger partial charge in [-0.05, 0) is 97.7 Å². The Labute approximate surface area is 213 Å². The van der Waals surface area contributed by atoms with Gasteiger partial charge in [-0.15, -0.1) is 0 Å². The number of hydrogen-bond acceptors (Lipinski definition) is 6. The highest BCUT2D eigenvalue weighted by atomic mass is 16.4. The van der Waals surface area contributed by atoms with Crippen molar-refractivity contribution in [3.05, 3.63) is 64.7 Å². The Morgan fingerprint density at radius 1 is 1.03 bits per heavy atom. The number of aliphatic hydroxyl groups is 1. The number of amides is 1. The Bertz CT molecular complexity index is 1060. The van der Waals surface area contributed by atoms with Crippen LogP contribution in [0.4, 0.5) is 5.69 Å². The number of carboxylic acid groups (broad SMARTS) is 1. The zero-order valence-electron chi connectivity index (χ0n) is 21.5. The van der Waals surface area contributed by atoms with Crippen molar-refractivity contribution in [1.82, 2.24) is 10.2 Å². The maximum atomic E-state index is 13.2. The van der Waals surface area contributed by atoms with Crippen molar-refractivity contribution in [3.63, 3.8) is 0 Å². The molecule has 4 rings (SSSR count). The second-order valence-electron chi connectivity index (χ2n) is 10.6. The number of aliphatic hydroxyl groups excluding tert-OH is 1. The number of aromatic carboxylic acids is 1. The van der Waals surface area contributed by atoms with Crippen molar-refractivity contribution in [2.24, 2.45) is 0 Å². The molecule has 1 heterocycles. The minimum absolute atomic E-state index is 0.0258. The molecular formula is C29H38N3O4-. The molecule has 1 amide bonds. The zero-order valence-corrected chi connectivity index (χ0v) is 21.5. The zero-order chi connectivity index (χ0) is 25.8. The van der Waals surface area contributed by atoms with Crippen molar-refractivity contribution in [2.75, 3.05) is 11.9 Å². The largest absolute Gasteiger partial charge is 0.545 e. The SMILES string of the molecule is Cc1ccc(C(=O)[O-])cc1C1CCC(NC(=O)[C@H]2CCCN2C(O)Nc2ccc(C(C)C)cc2)CC1. The van der Waals surface area contributed by atoms with Gasteiger partial charge in [0.25, 0.3) is 0 Å². The van der Waals surface area contributed by atoms with E-state index in [1.807, 2.05) is 30.0 Å². The van der Waals surface area contributed by atoms with Gasteiger partial charge >= 0.3 is 0 Å². The second kappa shape index (κ2) is 11.4. The van der Waals surface area contributed by atoms with E-state index < -0.39 is 12.3 Å². The minimum atomic E-state index is -1.15. The smallest absolute Gasteiger partial charge is 0.237 e. The molecule has 2 aromatic carbocycles. The maximum Gasteiger partial charge on any atom is 0.237 e. The summed E-state index contributed by atoms with van der Waals surface area (Å²) in [4.78, 5) is 26.3. The first-order valence-electron chi connectivity index (χ1n) is 13.2. The topological polar surface area (TPSA) is 105 Å². The average molecular weight is 493 g/mol. The van der Waals surface area contributed by atoms with E-state index in [2.05, 4.69) is 36.6 Å². The summed E-state index contributed by atoms with van der Waals surface area (Å²) in [6, 6.07) is 13.0. The van der Waals surface area contributed by atoms with Crippen LogP contribution in [0, 0.1) is 6.92 Å². The summed E-state index contributed by atoms with van der Waals surface area (Å²) in [6.07, 6.45) is 4.15. The van der Waals surface area contributed by atoms with Crippen LogP contribution in [0.1, 0.15) is 91.3 Å². The molecule has 0 aromatic heterocycles. The number of hydrogen-bond donors (Lipinski definition) is 3. The van der Waals surface area contributed by atoms with Gasteiger partial charge < -0.3 is 25.6 Å². The van der Waals surface area contributed by atoms with Gasteiger partial charge in [0.05, 0.1) is 12.0 Å². The summed E-state index contributed by atoms with van der Waals surface area (Å²) in [5, 5.41) is 28.5. The number of carboxylic acids is 1. The molecule has 1 unspecified atom stereocenters. The molecule has 2 fully saturated rings. The Morgan fingerprint density at radius 2 is 1.72 bits per heavy atom. The number of aryl methyl sites for hydroxylation is 1. The van der Waals surface area contributed by atoms with E-state index in [0.29, 0.717) is 12.5 Å². The first-order valence-corrected chi connectivity index (χ1v) is 13.2. The highest BCUT2D eigenvalue weighted by molar-refractivity contribution is 5.86. The Hall–Kier alpha value is -2.90. The molecule has 194 valence electrons. The van der Waals surface area contributed by atoms with E-state index in [-0.39, 0.29) is 29.5 Å². The molecule has 7 heteroatoms. The fraction of sp³-hybridized carbons (Fsp3) is 0.517. The van der Waals surface area contributed by atoms with Gasteiger partial charge in [-0.25, -0.2) is 4.90 Å². The van der Waals surface area contributed by atoms with E-state index in [0.717, 1.165) is 55.3 Å². The van der Waals surface area contributed by atoms with Crippen LogP contribution in [0.15, 0.2) is 42.5 Å². The fourth-order valence-corrected chi connectivity index (χ4v) is 5.61. The van der Waals surface area contributed by atoms with E-state index in [1.54, 1.807) is 12.1 Å². The number of nitrogens with one attached hydrogen (secondary N) is 2. The number of benzene rings is 2. The summed E-state index contributed by atoms with van der Waals surface area (Å²) in [7, 11) is 0. The van der Waals surface area contributed by atoms with Gasteiger partial charge in [-0.1, -0.05) is 38.1 Å². The van der Waals surface area contributed by atoms with E-state index in [1.165, 1.54) is 5.56 Å². The van der Waals surface area contributed by atoms with Crippen LogP contribution in [0.25, 0.3) is 0 Å². The summed E-state index contributed by atoms with van der Waals surface area (Å²) in [5.41, 5.74) is 4.45. The summed E-state index contributed by atoms with van der Waals surface area (Å²) in [6.45, 7) is 6.96. The molecule has 0 radical (unpaired) electrons. The number of rotatable bonds is 8. The minimum Gasteiger partial charge on any atom is -0.545 e. The van der Waals surface area contributed by atoms with Crippen molar-refractivity contribution in [3.8, 4) is 0 Å². The monoisotopic (exact) mass is 492 g/mol. The van der Waals surface area contributed by atoms with Crippen LogP contribution >= 0.6 is 0 Å². The molecule has 1 saturated carbocycles. The first kappa shape index (κ1) is 26.2. The third kappa shape index (κ3) is 6.08. The normalized spacial score (nSPS) is 23.4. The first-order chi connectivity index (χ1) is 17.2. The summed E-state index contributed by atoms with van der Waals surface area (Å²) < 4.78 is 0. The number of carbonyl (C=O) groups is 2. The van der Waals surface area contributed by atoms with Crippen LogP contribution < -0.4 is 15.7 Å².